The van der Waals surface area contributed by atoms with Gasteiger partial charge in [-0.1, -0.05) is 18.2 Å². The first-order chi connectivity index (χ1) is 15.4. The van der Waals surface area contributed by atoms with Crippen LogP contribution < -0.4 is 14.4 Å². The van der Waals surface area contributed by atoms with Crippen LogP contribution in [0.4, 0.5) is 5.69 Å². The molecule has 170 valence electrons. The molecule has 2 heterocycles. The van der Waals surface area contributed by atoms with Crippen molar-refractivity contribution in [2.24, 2.45) is 0 Å². The third kappa shape index (κ3) is 4.41. The van der Waals surface area contributed by atoms with Gasteiger partial charge in [0.15, 0.2) is 5.82 Å². The Morgan fingerprint density at radius 3 is 2.25 bits per heavy atom. The van der Waals surface area contributed by atoms with E-state index in [1.165, 1.54) is 5.69 Å². The Hall–Kier alpha value is -3.13. The molecule has 0 amide bonds. The molecule has 3 aromatic rings. The van der Waals surface area contributed by atoms with Gasteiger partial charge in [0.2, 0.25) is 0 Å². The minimum atomic E-state index is -0.247. The van der Waals surface area contributed by atoms with Gasteiger partial charge >= 0.3 is 0 Å². The molecular weight excluding hydrogens is 404 g/mol. The number of anilines is 1. The molecule has 1 fully saturated rings. The van der Waals surface area contributed by atoms with Gasteiger partial charge in [-0.05, 0) is 55.5 Å². The maximum atomic E-state index is 5.78. The molecule has 8 nitrogen and oxygen atoms in total. The molecule has 1 aromatic heterocycles. The number of para-hydroxylation sites is 1. The van der Waals surface area contributed by atoms with Gasteiger partial charge in [-0.25, -0.2) is 4.68 Å². The largest absolute Gasteiger partial charge is 0.497 e. The first kappa shape index (κ1) is 22.1. The summed E-state index contributed by atoms with van der Waals surface area (Å²) in [6, 6.07) is 16.4. The maximum Gasteiger partial charge on any atom is 0.173 e. The summed E-state index contributed by atoms with van der Waals surface area (Å²) in [5, 5.41) is 12.9. The van der Waals surface area contributed by atoms with E-state index in [0.717, 1.165) is 49.1 Å². The first-order valence-corrected chi connectivity index (χ1v) is 11.0. The van der Waals surface area contributed by atoms with E-state index in [0.29, 0.717) is 0 Å². The molecule has 2 aromatic carbocycles. The number of nitrogens with zero attached hydrogens (tertiary/aromatic N) is 6. The summed E-state index contributed by atoms with van der Waals surface area (Å²) in [6.07, 6.45) is 0. The Morgan fingerprint density at radius 2 is 1.62 bits per heavy atom. The van der Waals surface area contributed by atoms with E-state index in [1.54, 1.807) is 14.2 Å². The Morgan fingerprint density at radius 1 is 0.906 bits per heavy atom. The van der Waals surface area contributed by atoms with Crippen molar-refractivity contribution in [3.8, 4) is 11.5 Å². The highest BCUT2D eigenvalue weighted by molar-refractivity contribution is 5.47. The van der Waals surface area contributed by atoms with Gasteiger partial charge in [0.1, 0.15) is 17.5 Å². The smallest absolute Gasteiger partial charge is 0.173 e. The van der Waals surface area contributed by atoms with Crippen LogP contribution in [0.15, 0.2) is 48.5 Å². The topological polar surface area (TPSA) is 68.5 Å². The van der Waals surface area contributed by atoms with Crippen LogP contribution in [0.5, 0.6) is 11.5 Å². The molecule has 4 rings (SSSR count). The fraction of sp³-hybridized carbons (Fsp3) is 0.458. The summed E-state index contributed by atoms with van der Waals surface area (Å²) in [7, 11) is 3.35. The van der Waals surface area contributed by atoms with E-state index < -0.39 is 0 Å². The van der Waals surface area contributed by atoms with Crippen LogP contribution in [0.25, 0.3) is 0 Å². The number of hydrogen-bond acceptors (Lipinski definition) is 7. The number of methoxy groups -OCH3 is 2. The van der Waals surface area contributed by atoms with Crippen LogP contribution >= 0.6 is 0 Å². The standard InChI is InChI=1S/C24H32N6O2/c1-24(2,3)30-23(25-26-27-30)22(20-12-11-19(31-4)17-21(20)32-5)29-15-13-28(14-16-29)18-9-7-6-8-10-18/h6-12,17,22H,13-16H2,1-5H3/t22-/m0/s1. The lowest BCUT2D eigenvalue weighted by Gasteiger charge is -2.40. The number of ether oxygens (including phenoxy) is 2. The Kier molecular flexibility index (Phi) is 6.32. The minimum Gasteiger partial charge on any atom is -0.497 e. The summed E-state index contributed by atoms with van der Waals surface area (Å²) in [5.74, 6) is 2.34. The summed E-state index contributed by atoms with van der Waals surface area (Å²) in [4.78, 5) is 4.86. The average molecular weight is 437 g/mol. The van der Waals surface area contributed by atoms with E-state index in [2.05, 4.69) is 82.5 Å². The van der Waals surface area contributed by atoms with Crippen LogP contribution in [0.1, 0.15) is 38.2 Å². The molecule has 1 aliphatic rings. The highest BCUT2D eigenvalue weighted by atomic mass is 16.5. The van der Waals surface area contributed by atoms with E-state index in [-0.39, 0.29) is 11.6 Å². The van der Waals surface area contributed by atoms with Gasteiger partial charge in [-0.2, -0.15) is 0 Å². The Balaban J connectivity index is 1.71. The van der Waals surface area contributed by atoms with Gasteiger partial charge in [0.05, 0.1) is 19.8 Å². The maximum absolute atomic E-state index is 5.78. The molecule has 0 spiro atoms. The fourth-order valence-corrected chi connectivity index (χ4v) is 4.26. The van der Waals surface area contributed by atoms with Crippen molar-refractivity contribution in [3.05, 3.63) is 59.9 Å². The Labute approximate surface area is 189 Å². The van der Waals surface area contributed by atoms with Crippen molar-refractivity contribution in [1.29, 1.82) is 0 Å². The zero-order chi connectivity index (χ0) is 22.7. The average Bonchev–Trinajstić information content (AvgIpc) is 3.31. The quantitative estimate of drug-likeness (QED) is 0.587. The number of aromatic nitrogens is 4. The second-order valence-corrected chi connectivity index (χ2v) is 8.99. The van der Waals surface area contributed by atoms with Crippen LogP contribution in [-0.2, 0) is 5.54 Å². The SMILES string of the molecule is COc1ccc([C@@H](c2nnnn2C(C)(C)C)N2CCN(c3ccccc3)CC2)c(OC)c1. The van der Waals surface area contributed by atoms with Crippen LogP contribution in [0, 0.1) is 0 Å². The molecule has 0 saturated carbocycles. The zero-order valence-electron chi connectivity index (χ0n) is 19.5. The molecule has 0 aliphatic carbocycles. The van der Waals surface area contributed by atoms with Crippen molar-refractivity contribution in [2.45, 2.75) is 32.4 Å². The second kappa shape index (κ2) is 9.16. The molecule has 0 unspecified atom stereocenters. The van der Waals surface area contributed by atoms with Crippen molar-refractivity contribution < 1.29 is 9.47 Å². The fourth-order valence-electron chi connectivity index (χ4n) is 4.26. The lowest BCUT2D eigenvalue weighted by atomic mass is 10.00. The summed E-state index contributed by atoms with van der Waals surface area (Å²) < 4.78 is 13.1. The van der Waals surface area contributed by atoms with Gasteiger partial charge in [0.25, 0.3) is 0 Å². The molecule has 0 radical (unpaired) electrons. The number of piperazine rings is 1. The van der Waals surface area contributed by atoms with Gasteiger partial charge in [0, 0.05) is 43.5 Å². The number of rotatable bonds is 6. The number of tetrazole rings is 1. The lowest BCUT2D eigenvalue weighted by Crippen LogP contribution is -2.48. The molecule has 8 heteroatoms. The van der Waals surface area contributed by atoms with Gasteiger partial charge in [-0.3, -0.25) is 4.90 Å². The molecule has 1 saturated heterocycles. The molecule has 32 heavy (non-hydrogen) atoms. The third-order valence-corrected chi connectivity index (χ3v) is 5.91. The highest BCUT2D eigenvalue weighted by Gasteiger charge is 2.35. The number of benzene rings is 2. The van der Waals surface area contributed by atoms with Crippen LogP contribution in [0.2, 0.25) is 0 Å². The molecular formula is C24H32N6O2. The first-order valence-electron chi connectivity index (χ1n) is 11.0. The normalized spacial score (nSPS) is 16.1. The van der Waals surface area contributed by atoms with Crippen molar-refractivity contribution in [3.63, 3.8) is 0 Å². The van der Waals surface area contributed by atoms with E-state index in [1.807, 2.05) is 16.8 Å². The monoisotopic (exact) mass is 436 g/mol. The molecule has 1 aliphatic heterocycles. The second-order valence-electron chi connectivity index (χ2n) is 8.99. The van der Waals surface area contributed by atoms with E-state index >= 15 is 0 Å². The zero-order valence-corrected chi connectivity index (χ0v) is 19.5. The van der Waals surface area contributed by atoms with Crippen molar-refractivity contribution in [1.82, 2.24) is 25.1 Å². The van der Waals surface area contributed by atoms with Gasteiger partial charge < -0.3 is 14.4 Å². The highest BCUT2D eigenvalue weighted by Crippen LogP contribution is 2.37. The van der Waals surface area contributed by atoms with Crippen LogP contribution in [0.3, 0.4) is 0 Å². The Bertz CT molecular complexity index is 1020. The van der Waals surface area contributed by atoms with Crippen molar-refractivity contribution >= 4 is 5.69 Å². The lowest BCUT2D eigenvalue weighted by molar-refractivity contribution is 0.188. The van der Waals surface area contributed by atoms with E-state index in [4.69, 9.17) is 9.47 Å². The summed E-state index contributed by atoms with van der Waals surface area (Å²) in [6.45, 7) is 9.96. The molecule has 0 N–H and O–H groups in total. The van der Waals surface area contributed by atoms with Crippen molar-refractivity contribution in [2.75, 3.05) is 45.3 Å². The predicted molar refractivity (Wildman–Crippen MR) is 124 cm³/mol. The minimum absolute atomic E-state index is 0.136. The summed E-state index contributed by atoms with van der Waals surface area (Å²) >= 11 is 0. The van der Waals surface area contributed by atoms with E-state index in [9.17, 15) is 0 Å². The molecule has 0 bridgehead atoms. The predicted octanol–water partition coefficient (Wildman–Crippen LogP) is 3.36. The van der Waals surface area contributed by atoms with Gasteiger partial charge in [-0.15, -0.1) is 5.10 Å². The van der Waals surface area contributed by atoms with Crippen LogP contribution in [-0.4, -0.2) is 65.5 Å². The third-order valence-electron chi connectivity index (χ3n) is 5.91. The molecule has 1 atom stereocenters. The number of hydrogen-bond donors (Lipinski definition) is 0. The summed E-state index contributed by atoms with van der Waals surface area (Å²) in [5.41, 5.74) is 2.04.